The molecular formula is C25H33N3O4. The molecule has 0 unspecified atom stereocenters. The monoisotopic (exact) mass is 439 g/mol. The Hall–Kier alpha value is -1.93. The number of aromatic nitrogens is 1. The molecular weight excluding hydrogens is 406 g/mol. The first-order valence-corrected chi connectivity index (χ1v) is 12.1. The largest absolute Gasteiger partial charge is 0.390 e. The fourth-order valence-corrected chi connectivity index (χ4v) is 7.02. The topological polar surface area (TPSA) is 97.8 Å². The lowest BCUT2D eigenvalue weighted by molar-refractivity contribution is -0.162. The van der Waals surface area contributed by atoms with E-state index in [2.05, 4.69) is 34.6 Å². The minimum atomic E-state index is -0.850. The Balaban J connectivity index is 1.23. The number of ether oxygens (including phenoxy) is 1. The molecule has 32 heavy (non-hydrogen) atoms. The van der Waals surface area contributed by atoms with Crippen LogP contribution in [0.25, 0.3) is 10.9 Å². The van der Waals surface area contributed by atoms with E-state index in [1.54, 1.807) is 0 Å². The number of aliphatic hydroxyl groups is 2. The van der Waals surface area contributed by atoms with Crippen LogP contribution in [0.5, 0.6) is 0 Å². The molecule has 2 saturated heterocycles. The zero-order chi connectivity index (χ0) is 22.0. The highest BCUT2D eigenvalue weighted by atomic mass is 16.5. The van der Waals surface area contributed by atoms with Gasteiger partial charge >= 0.3 is 0 Å². The number of carbonyl (C=O) groups is 1. The maximum absolute atomic E-state index is 13.7. The number of hydrogen-bond donors (Lipinski definition) is 4. The fourth-order valence-electron chi connectivity index (χ4n) is 7.02. The smallest absolute Gasteiger partial charge is 0.226 e. The Bertz CT molecular complexity index is 1030. The zero-order valence-corrected chi connectivity index (χ0v) is 18.6. The number of nitrogens with zero attached hydrogens (tertiary/aromatic N) is 1. The highest BCUT2D eigenvalue weighted by Gasteiger charge is 2.54. The van der Waals surface area contributed by atoms with Crippen molar-refractivity contribution in [3.05, 3.63) is 35.5 Å². The third-order valence-corrected chi connectivity index (χ3v) is 8.83. The van der Waals surface area contributed by atoms with Gasteiger partial charge in [0.05, 0.1) is 24.5 Å². The minimum Gasteiger partial charge on any atom is -0.390 e. The van der Waals surface area contributed by atoms with Gasteiger partial charge in [0.2, 0.25) is 5.91 Å². The van der Waals surface area contributed by atoms with Gasteiger partial charge < -0.3 is 30.2 Å². The number of aromatic amines is 1. The number of benzene rings is 1. The van der Waals surface area contributed by atoms with Crippen molar-refractivity contribution in [1.82, 2.24) is 15.2 Å². The Kier molecular flexibility index (Phi) is 4.88. The van der Waals surface area contributed by atoms with Crippen LogP contribution in [0, 0.1) is 23.7 Å². The highest BCUT2D eigenvalue weighted by molar-refractivity contribution is 5.85. The molecule has 4 aliphatic rings. The van der Waals surface area contributed by atoms with Crippen LogP contribution in [0.1, 0.15) is 31.0 Å². The number of aliphatic hydroxyl groups excluding tert-OH is 2. The molecule has 1 spiro atoms. The van der Waals surface area contributed by atoms with Crippen LogP contribution in [-0.2, 0) is 21.6 Å². The van der Waals surface area contributed by atoms with Crippen molar-refractivity contribution >= 4 is 16.8 Å². The molecule has 7 heteroatoms. The first-order valence-electron chi connectivity index (χ1n) is 12.1. The van der Waals surface area contributed by atoms with E-state index < -0.39 is 12.2 Å². The molecule has 6 rings (SSSR count). The van der Waals surface area contributed by atoms with E-state index in [4.69, 9.17) is 4.74 Å². The van der Waals surface area contributed by atoms with Gasteiger partial charge in [-0.25, -0.2) is 0 Å². The first-order chi connectivity index (χ1) is 15.5. The number of likely N-dealkylation sites (tertiary alicyclic amines) is 1. The number of piperidine rings is 1. The third kappa shape index (κ3) is 2.91. The van der Waals surface area contributed by atoms with Crippen LogP contribution in [0.4, 0.5) is 0 Å². The predicted octanol–water partition coefficient (Wildman–Crippen LogP) is 1.38. The number of amides is 1. The van der Waals surface area contributed by atoms with Crippen LogP contribution in [0.15, 0.2) is 24.3 Å². The number of H-pyrrole nitrogens is 1. The molecule has 0 bridgehead atoms. The summed E-state index contributed by atoms with van der Waals surface area (Å²) in [6.45, 7) is 5.33. The SMILES string of the molecule is C[C@H]1[C@H](O)[C@@H](O)[C@H]2CNC[C@@H]2[C@H]1C(=O)N1CCC2(CC1)OCCc1c2[nH]c2ccccc12. The lowest BCUT2D eigenvalue weighted by atomic mass is 9.65. The van der Waals surface area contributed by atoms with Crippen molar-refractivity contribution in [2.75, 3.05) is 32.8 Å². The van der Waals surface area contributed by atoms with E-state index in [0.717, 1.165) is 31.3 Å². The summed E-state index contributed by atoms with van der Waals surface area (Å²) in [5.41, 5.74) is 3.37. The summed E-state index contributed by atoms with van der Waals surface area (Å²) in [6, 6.07) is 8.44. The molecule has 1 aromatic carbocycles. The Morgan fingerprint density at radius 2 is 1.88 bits per heavy atom. The summed E-state index contributed by atoms with van der Waals surface area (Å²) in [4.78, 5) is 19.3. The van der Waals surface area contributed by atoms with E-state index in [1.165, 1.54) is 16.6 Å². The van der Waals surface area contributed by atoms with Crippen LogP contribution in [0.3, 0.4) is 0 Å². The van der Waals surface area contributed by atoms with E-state index in [-0.39, 0.29) is 35.2 Å². The second-order valence-corrected chi connectivity index (χ2v) is 10.3. The van der Waals surface area contributed by atoms with Crippen molar-refractivity contribution in [1.29, 1.82) is 0 Å². The summed E-state index contributed by atoms with van der Waals surface area (Å²) in [7, 11) is 0. The first kappa shape index (κ1) is 20.7. The predicted molar refractivity (Wildman–Crippen MR) is 120 cm³/mol. The van der Waals surface area contributed by atoms with Crippen LogP contribution in [-0.4, -0.2) is 71.0 Å². The summed E-state index contributed by atoms with van der Waals surface area (Å²) < 4.78 is 6.41. The molecule has 3 fully saturated rings. The maximum atomic E-state index is 13.7. The van der Waals surface area contributed by atoms with Gasteiger partial charge in [0.15, 0.2) is 0 Å². The van der Waals surface area contributed by atoms with Gasteiger partial charge in [-0.05, 0) is 49.3 Å². The number of hydrogen-bond acceptors (Lipinski definition) is 5. The number of nitrogens with one attached hydrogen (secondary N) is 2. The molecule has 4 N–H and O–H groups in total. The quantitative estimate of drug-likeness (QED) is 0.538. The summed E-state index contributed by atoms with van der Waals surface area (Å²) in [5.74, 6) is -0.344. The second kappa shape index (κ2) is 7.55. The molecule has 4 heterocycles. The van der Waals surface area contributed by atoms with Gasteiger partial charge in [-0.2, -0.15) is 0 Å². The molecule has 0 radical (unpaired) electrons. The number of rotatable bonds is 1. The summed E-state index contributed by atoms with van der Waals surface area (Å²) >= 11 is 0. The summed E-state index contributed by atoms with van der Waals surface area (Å²) in [5, 5.41) is 25.7. The van der Waals surface area contributed by atoms with Gasteiger partial charge in [-0.3, -0.25) is 4.79 Å². The van der Waals surface area contributed by atoms with Crippen molar-refractivity contribution in [2.45, 2.75) is 44.0 Å². The number of para-hydroxylation sites is 1. The molecule has 2 aromatic rings. The van der Waals surface area contributed by atoms with Gasteiger partial charge in [0, 0.05) is 42.4 Å². The van der Waals surface area contributed by atoms with Crippen molar-refractivity contribution in [3.63, 3.8) is 0 Å². The van der Waals surface area contributed by atoms with Crippen LogP contribution in [0.2, 0.25) is 0 Å². The lowest BCUT2D eigenvalue weighted by Crippen LogP contribution is -2.58. The van der Waals surface area contributed by atoms with Crippen LogP contribution >= 0.6 is 0 Å². The Labute approximate surface area is 188 Å². The van der Waals surface area contributed by atoms with Gasteiger partial charge in [-0.1, -0.05) is 25.1 Å². The van der Waals surface area contributed by atoms with Crippen LogP contribution < -0.4 is 5.32 Å². The molecule has 1 amide bonds. The molecule has 1 aromatic heterocycles. The standard InChI is InChI=1S/C25H33N3O4/c1-14-20(17-12-26-13-18(17)22(30)21(14)29)24(31)28-9-7-25(8-10-28)23-16(6-11-32-25)15-4-2-3-5-19(15)27-23/h2-5,14,17-18,20-22,26-27,29-30H,6-13H2,1H3/t14-,17+,18+,20+,21+,22+/m1/s1. The Morgan fingerprint density at radius 1 is 1.12 bits per heavy atom. The minimum absolute atomic E-state index is 0.0538. The van der Waals surface area contributed by atoms with Gasteiger partial charge in [0.25, 0.3) is 0 Å². The average Bonchev–Trinajstić information content (AvgIpc) is 3.44. The lowest BCUT2D eigenvalue weighted by Gasteiger charge is -2.48. The normalized spacial score (nSPS) is 36.3. The van der Waals surface area contributed by atoms with Crippen molar-refractivity contribution in [3.8, 4) is 0 Å². The molecule has 1 aliphatic carbocycles. The van der Waals surface area contributed by atoms with Crippen molar-refractivity contribution in [2.24, 2.45) is 23.7 Å². The molecule has 172 valence electrons. The molecule has 3 aliphatic heterocycles. The van der Waals surface area contributed by atoms with Gasteiger partial charge in [0.1, 0.15) is 5.60 Å². The average molecular weight is 440 g/mol. The zero-order valence-electron chi connectivity index (χ0n) is 18.6. The fraction of sp³-hybridized carbons (Fsp3) is 0.640. The Morgan fingerprint density at radius 3 is 2.69 bits per heavy atom. The highest BCUT2D eigenvalue weighted by Crippen LogP contribution is 2.46. The molecule has 6 atom stereocenters. The second-order valence-electron chi connectivity index (χ2n) is 10.3. The van der Waals surface area contributed by atoms with E-state index >= 15 is 0 Å². The van der Waals surface area contributed by atoms with E-state index in [9.17, 15) is 15.0 Å². The number of fused-ring (bicyclic) bond motifs is 5. The molecule has 7 nitrogen and oxygen atoms in total. The molecule has 1 saturated carbocycles. The van der Waals surface area contributed by atoms with Crippen molar-refractivity contribution < 1.29 is 19.7 Å². The third-order valence-electron chi connectivity index (χ3n) is 8.83. The van der Waals surface area contributed by atoms with E-state index in [1.807, 2.05) is 11.8 Å². The number of carbonyl (C=O) groups excluding carboxylic acids is 1. The maximum Gasteiger partial charge on any atom is 0.226 e. The van der Waals surface area contributed by atoms with Gasteiger partial charge in [-0.15, -0.1) is 0 Å². The summed E-state index contributed by atoms with van der Waals surface area (Å²) in [6.07, 6.45) is 0.861. The van der Waals surface area contributed by atoms with E-state index in [0.29, 0.717) is 26.2 Å².